The van der Waals surface area contributed by atoms with E-state index in [1.54, 1.807) is 25.8 Å². The first-order valence-electron chi connectivity index (χ1n) is 11.6. The van der Waals surface area contributed by atoms with Crippen molar-refractivity contribution in [3.05, 3.63) is 60.2 Å². The first kappa shape index (κ1) is 23.3. The number of aryl methyl sites for hydroxylation is 1. The van der Waals surface area contributed by atoms with Crippen LogP contribution in [0, 0.1) is 11.8 Å². The molecule has 0 aliphatic carbocycles. The highest BCUT2D eigenvalue weighted by atomic mass is 16.5. The van der Waals surface area contributed by atoms with Gasteiger partial charge in [0.2, 0.25) is 0 Å². The van der Waals surface area contributed by atoms with Gasteiger partial charge in [0.25, 0.3) is 0 Å². The molecule has 1 fully saturated rings. The number of furan rings is 1. The number of fused-ring (bicyclic) bond motifs is 1. The lowest BCUT2D eigenvalue weighted by atomic mass is 9.81. The number of hydrogen-bond donors (Lipinski definition) is 2. The number of aliphatic hydroxyl groups excluding tert-OH is 1. The van der Waals surface area contributed by atoms with Crippen molar-refractivity contribution in [2.24, 2.45) is 11.8 Å². The Labute approximate surface area is 194 Å². The summed E-state index contributed by atoms with van der Waals surface area (Å²) in [5.41, 5.74) is 2.79. The van der Waals surface area contributed by atoms with Crippen LogP contribution < -0.4 is 4.74 Å². The molecule has 1 aliphatic heterocycles. The number of pyridine rings is 1. The van der Waals surface area contributed by atoms with E-state index in [9.17, 15) is 15.0 Å². The summed E-state index contributed by atoms with van der Waals surface area (Å²) in [4.78, 5) is 18.6. The second kappa shape index (κ2) is 10.8. The number of ether oxygens (including phenoxy) is 1. The smallest absolute Gasteiger partial charge is 0.308 e. The predicted molar refractivity (Wildman–Crippen MR) is 125 cm³/mol. The van der Waals surface area contributed by atoms with Crippen LogP contribution in [0.15, 0.2) is 53.5 Å². The molecule has 3 aromatic rings. The summed E-state index contributed by atoms with van der Waals surface area (Å²) >= 11 is 0. The number of carboxylic acid groups (broad SMARTS) is 1. The Bertz CT molecular complexity index is 1050. The molecule has 2 N–H and O–H groups in total. The monoisotopic (exact) mass is 452 g/mol. The van der Waals surface area contributed by atoms with Gasteiger partial charge in [0.1, 0.15) is 5.75 Å². The number of benzene rings is 1. The second-order valence-corrected chi connectivity index (χ2v) is 8.91. The molecule has 3 heterocycles. The van der Waals surface area contributed by atoms with Crippen LogP contribution in [-0.2, 0) is 11.2 Å². The van der Waals surface area contributed by atoms with Gasteiger partial charge in [-0.2, -0.15) is 0 Å². The number of rotatable bonds is 10. The van der Waals surface area contributed by atoms with E-state index >= 15 is 0 Å². The van der Waals surface area contributed by atoms with E-state index < -0.39 is 18.0 Å². The molecule has 4 rings (SSSR count). The summed E-state index contributed by atoms with van der Waals surface area (Å²) in [5, 5.41) is 21.7. The van der Waals surface area contributed by atoms with Crippen molar-refractivity contribution >= 4 is 16.9 Å². The molecule has 1 unspecified atom stereocenters. The van der Waals surface area contributed by atoms with Crippen LogP contribution in [0.25, 0.3) is 10.9 Å². The van der Waals surface area contributed by atoms with Gasteiger partial charge in [-0.25, -0.2) is 0 Å². The minimum atomic E-state index is -0.742. The number of aliphatic carboxylic acids is 1. The number of likely N-dealkylation sites (tertiary alicyclic amines) is 1. The number of carboxylic acids is 1. The molecule has 33 heavy (non-hydrogen) atoms. The van der Waals surface area contributed by atoms with Gasteiger partial charge < -0.3 is 24.3 Å². The molecule has 7 nitrogen and oxygen atoms in total. The number of nitrogens with zero attached hydrogens (tertiary/aromatic N) is 2. The van der Waals surface area contributed by atoms with Gasteiger partial charge >= 0.3 is 5.97 Å². The number of piperidine rings is 1. The number of hydrogen-bond acceptors (Lipinski definition) is 6. The summed E-state index contributed by atoms with van der Waals surface area (Å²) in [5.74, 6) is -0.373. The first-order valence-corrected chi connectivity index (χ1v) is 11.6. The van der Waals surface area contributed by atoms with Crippen LogP contribution in [0.3, 0.4) is 0 Å². The van der Waals surface area contributed by atoms with Crippen LogP contribution in [0.2, 0.25) is 0 Å². The molecule has 0 amide bonds. The van der Waals surface area contributed by atoms with E-state index in [2.05, 4.69) is 9.88 Å². The Morgan fingerprint density at radius 1 is 1.33 bits per heavy atom. The molecule has 1 aromatic carbocycles. The number of aromatic nitrogens is 1. The molecule has 0 bridgehead atoms. The van der Waals surface area contributed by atoms with Crippen LogP contribution >= 0.6 is 0 Å². The third kappa shape index (κ3) is 5.72. The molecule has 0 spiro atoms. The zero-order valence-electron chi connectivity index (χ0n) is 19.0. The fourth-order valence-electron chi connectivity index (χ4n) is 4.93. The molecule has 2 aromatic heterocycles. The van der Waals surface area contributed by atoms with Gasteiger partial charge in [-0.3, -0.25) is 9.78 Å². The Hall–Kier alpha value is -2.90. The Balaban J connectivity index is 1.34. The van der Waals surface area contributed by atoms with E-state index in [0.29, 0.717) is 19.4 Å². The summed E-state index contributed by atoms with van der Waals surface area (Å²) in [7, 11) is 1.61. The van der Waals surface area contributed by atoms with Crippen LogP contribution in [-0.4, -0.2) is 52.8 Å². The topological polar surface area (TPSA) is 96.0 Å². The molecule has 0 saturated carbocycles. The zero-order valence-corrected chi connectivity index (χ0v) is 19.0. The van der Waals surface area contributed by atoms with E-state index in [4.69, 9.17) is 9.15 Å². The van der Waals surface area contributed by atoms with E-state index in [-0.39, 0.29) is 5.92 Å². The number of carbonyl (C=O) groups is 1. The minimum absolute atomic E-state index is 0.0601. The van der Waals surface area contributed by atoms with Gasteiger partial charge in [0.15, 0.2) is 0 Å². The fraction of sp³-hybridized carbons (Fsp3) is 0.462. The van der Waals surface area contributed by atoms with Gasteiger partial charge in [0, 0.05) is 18.1 Å². The van der Waals surface area contributed by atoms with Crippen LogP contribution in [0.5, 0.6) is 5.75 Å². The van der Waals surface area contributed by atoms with Crippen molar-refractivity contribution in [1.29, 1.82) is 0 Å². The average Bonchev–Trinajstić information content (AvgIpc) is 3.35. The summed E-state index contributed by atoms with van der Waals surface area (Å²) in [6.07, 6.45) is 8.42. The lowest BCUT2D eigenvalue weighted by Gasteiger charge is -2.37. The quantitative estimate of drug-likeness (QED) is 0.473. The SMILES string of the molecule is COc1ccc2nccc(C(O)CC[C@@H]3CCN(CCCc4ccoc4)C[C@@H]3C(=O)O)c2c1. The van der Waals surface area contributed by atoms with Crippen LogP contribution in [0.4, 0.5) is 0 Å². The van der Waals surface area contributed by atoms with Crippen LogP contribution in [0.1, 0.15) is 42.9 Å². The second-order valence-electron chi connectivity index (χ2n) is 8.91. The van der Waals surface area contributed by atoms with Gasteiger partial charge in [-0.1, -0.05) is 0 Å². The molecule has 7 heteroatoms. The summed E-state index contributed by atoms with van der Waals surface area (Å²) in [6, 6.07) is 9.44. The largest absolute Gasteiger partial charge is 0.497 e. The lowest BCUT2D eigenvalue weighted by Crippen LogP contribution is -2.44. The van der Waals surface area contributed by atoms with Crippen molar-refractivity contribution < 1.29 is 24.2 Å². The predicted octanol–water partition coefficient (Wildman–Crippen LogP) is 4.31. The van der Waals surface area contributed by atoms with Crippen molar-refractivity contribution in [2.75, 3.05) is 26.7 Å². The number of aliphatic hydroxyl groups is 1. The molecular formula is C26H32N2O5. The summed E-state index contributed by atoms with van der Waals surface area (Å²) < 4.78 is 10.4. The normalized spacial score (nSPS) is 20.1. The molecular weight excluding hydrogens is 420 g/mol. The Morgan fingerprint density at radius 3 is 2.97 bits per heavy atom. The van der Waals surface area contributed by atoms with E-state index in [1.165, 1.54) is 5.56 Å². The average molecular weight is 453 g/mol. The summed E-state index contributed by atoms with van der Waals surface area (Å²) in [6.45, 7) is 2.34. The van der Waals surface area contributed by atoms with Crippen molar-refractivity contribution in [2.45, 2.75) is 38.2 Å². The highest BCUT2D eigenvalue weighted by Gasteiger charge is 2.34. The molecule has 3 atom stereocenters. The Morgan fingerprint density at radius 2 is 2.21 bits per heavy atom. The third-order valence-corrected chi connectivity index (χ3v) is 6.83. The Kier molecular flexibility index (Phi) is 7.62. The maximum Gasteiger partial charge on any atom is 0.308 e. The fourth-order valence-corrected chi connectivity index (χ4v) is 4.93. The van der Waals surface area contributed by atoms with Gasteiger partial charge in [-0.15, -0.1) is 0 Å². The number of methoxy groups -OCH3 is 1. The van der Waals surface area contributed by atoms with Crippen molar-refractivity contribution in [1.82, 2.24) is 9.88 Å². The minimum Gasteiger partial charge on any atom is -0.497 e. The van der Waals surface area contributed by atoms with Gasteiger partial charge in [0.05, 0.1) is 37.2 Å². The maximum absolute atomic E-state index is 12.0. The van der Waals surface area contributed by atoms with E-state index in [0.717, 1.165) is 54.6 Å². The van der Waals surface area contributed by atoms with Crippen molar-refractivity contribution in [3.8, 4) is 5.75 Å². The zero-order chi connectivity index (χ0) is 23.2. The van der Waals surface area contributed by atoms with Crippen molar-refractivity contribution in [3.63, 3.8) is 0 Å². The first-order chi connectivity index (χ1) is 16.0. The maximum atomic E-state index is 12.0. The third-order valence-electron chi connectivity index (χ3n) is 6.83. The highest BCUT2D eigenvalue weighted by Crippen LogP contribution is 2.33. The molecule has 1 saturated heterocycles. The molecule has 176 valence electrons. The molecule has 1 aliphatic rings. The lowest BCUT2D eigenvalue weighted by molar-refractivity contribution is -0.146. The standard InChI is InChI=1S/C26H32N2O5/c1-32-20-5-6-24-22(15-20)21(8-11-27-24)25(29)7-4-19-9-13-28(16-23(19)26(30)31)12-2-3-18-10-14-33-17-18/h5-6,8,10-11,14-15,17,19,23,25,29H,2-4,7,9,12-13,16H2,1H3,(H,30,31)/t19-,23+,25?/m1/s1. The van der Waals surface area contributed by atoms with Gasteiger partial charge in [-0.05, 0) is 92.6 Å². The molecule has 0 radical (unpaired) electrons. The van der Waals surface area contributed by atoms with E-state index in [1.807, 2.05) is 30.3 Å². The highest BCUT2D eigenvalue weighted by molar-refractivity contribution is 5.83.